The number of nitrogens with zero attached hydrogens (tertiary/aromatic N) is 2. The average Bonchev–Trinajstić information content (AvgIpc) is 2.26. The molecule has 0 spiro atoms. The summed E-state index contributed by atoms with van der Waals surface area (Å²) in [6.45, 7) is 0. The molecule has 0 atom stereocenters. The lowest BCUT2D eigenvalue weighted by atomic mass is 10.3. The number of aromatic nitrogens is 2. The number of anilines is 1. The van der Waals surface area contributed by atoms with Crippen LogP contribution in [0.25, 0.3) is 0 Å². The highest BCUT2D eigenvalue weighted by atomic mass is 35.5. The molecule has 88 valence electrons. The van der Waals surface area contributed by atoms with Crippen molar-refractivity contribution in [3.05, 3.63) is 41.3 Å². The van der Waals surface area contributed by atoms with Crippen LogP contribution in [0.1, 0.15) is 0 Å². The monoisotopic (exact) mass is 257 g/mol. The smallest absolute Gasteiger partial charge is 0.225 e. The highest BCUT2D eigenvalue weighted by Crippen LogP contribution is 2.27. The van der Waals surface area contributed by atoms with Gasteiger partial charge in [-0.25, -0.2) is 13.8 Å². The van der Waals surface area contributed by atoms with E-state index in [1.807, 2.05) is 0 Å². The Morgan fingerprint density at radius 1 is 1.24 bits per heavy atom. The van der Waals surface area contributed by atoms with Crippen LogP contribution >= 0.6 is 11.6 Å². The summed E-state index contributed by atoms with van der Waals surface area (Å²) in [5.41, 5.74) is 5.07. The Kier molecular flexibility index (Phi) is 3.06. The van der Waals surface area contributed by atoms with Gasteiger partial charge < -0.3 is 10.5 Å². The van der Waals surface area contributed by atoms with Crippen LogP contribution in [0, 0.1) is 11.6 Å². The van der Waals surface area contributed by atoms with Gasteiger partial charge in [0.1, 0.15) is 5.82 Å². The van der Waals surface area contributed by atoms with Gasteiger partial charge in [0.2, 0.25) is 11.2 Å². The van der Waals surface area contributed by atoms with Crippen LogP contribution in [0.15, 0.2) is 24.4 Å². The van der Waals surface area contributed by atoms with Crippen LogP contribution in [-0.4, -0.2) is 9.97 Å². The number of ether oxygens (including phenoxy) is 1. The fourth-order valence-corrected chi connectivity index (χ4v) is 1.25. The molecule has 1 aromatic carbocycles. The van der Waals surface area contributed by atoms with E-state index in [0.29, 0.717) is 6.07 Å². The fourth-order valence-electron chi connectivity index (χ4n) is 1.11. The van der Waals surface area contributed by atoms with Gasteiger partial charge in [0.25, 0.3) is 0 Å². The minimum absolute atomic E-state index is 0.0370. The SMILES string of the molecule is Nc1cc(Oc2ccnc(Cl)n2)c(F)cc1F. The second-order valence-electron chi connectivity index (χ2n) is 3.07. The maximum absolute atomic E-state index is 13.3. The number of hydrogen-bond acceptors (Lipinski definition) is 4. The standard InChI is InChI=1S/C10H6ClF2N3O/c11-10-15-2-1-9(16-10)17-8-4-7(14)5(12)3-6(8)13/h1-4H,14H2. The minimum Gasteiger partial charge on any atom is -0.436 e. The lowest BCUT2D eigenvalue weighted by Crippen LogP contribution is -1.96. The summed E-state index contributed by atoms with van der Waals surface area (Å²) in [5, 5.41) is -0.0435. The molecule has 4 nitrogen and oxygen atoms in total. The van der Waals surface area contributed by atoms with E-state index >= 15 is 0 Å². The molecule has 0 saturated heterocycles. The van der Waals surface area contributed by atoms with E-state index in [9.17, 15) is 8.78 Å². The molecule has 1 heterocycles. The first-order chi connectivity index (χ1) is 8.06. The zero-order chi connectivity index (χ0) is 12.4. The van der Waals surface area contributed by atoms with Gasteiger partial charge >= 0.3 is 0 Å². The second-order valence-corrected chi connectivity index (χ2v) is 3.41. The van der Waals surface area contributed by atoms with Crippen molar-refractivity contribution < 1.29 is 13.5 Å². The maximum Gasteiger partial charge on any atom is 0.225 e. The number of nitrogen functional groups attached to an aromatic ring is 1. The topological polar surface area (TPSA) is 61.0 Å². The number of rotatable bonds is 2. The van der Waals surface area contributed by atoms with Gasteiger partial charge in [-0.3, -0.25) is 0 Å². The third-order valence-electron chi connectivity index (χ3n) is 1.87. The van der Waals surface area contributed by atoms with E-state index in [-0.39, 0.29) is 22.6 Å². The second kappa shape index (κ2) is 4.50. The zero-order valence-corrected chi connectivity index (χ0v) is 9.08. The quantitative estimate of drug-likeness (QED) is 0.664. The molecular formula is C10H6ClF2N3O. The Morgan fingerprint density at radius 2 is 2.00 bits per heavy atom. The third kappa shape index (κ3) is 2.59. The Bertz CT molecular complexity index is 565. The summed E-state index contributed by atoms with van der Waals surface area (Å²) in [6, 6.07) is 3.04. The van der Waals surface area contributed by atoms with Crippen LogP contribution in [-0.2, 0) is 0 Å². The molecule has 17 heavy (non-hydrogen) atoms. The molecule has 0 fully saturated rings. The highest BCUT2D eigenvalue weighted by molar-refractivity contribution is 6.28. The first-order valence-corrected chi connectivity index (χ1v) is 4.85. The van der Waals surface area contributed by atoms with Gasteiger partial charge in [-0.2, -0.15) is 4.98 Å². The van der Waals surface area contributed by atoms with Crippen molar-refractivity contribution in [1.82, 2.24) is 9.97 Å². The Morgan fingerprint density at radius 3 is 2.71 bits per heavy atom. The maximum atomic E-state index is 13.3. The molecular weight excluding hydrogens is 252 g/mol. The van der Waals surface area contributed by atoms with Crippen LogP contribution < -0.4 is 10.5 Å². The van der Waals surface area contributed by atoms with Crippen molar-refractivity contribution in [1.29, 1.82) is 0 Å². The van der Waals surface area contributed by atoms with E-state index in [1.54, 1.807) is 0 Å². The Balaban J connectivity index is 2.33. The van der Waals surface area contributed by atoms with Crippen molar-refractivity contribution in [3.8, 4) is 11.6 Å². The van der Waals surface area contributed by atoms with Gasteiger partial charge in [0, 0.05) is 24.4 Å². The minimum atomic E-state index is -0.883. The number of halogens is 3. The lowest BCUT2D eigenvalue weighted by molar-refractivity contribution is 0.423. The van der Waals surface area contributed by atoms with E-state index in [2.05, 4.69) is 9.97 Å². The predicted octanol–water partition coefficient (Wildman–Crippen LogP) is 2.78. The van der Waals surface area contributed by atoms with E-state index in [1.165, 1.54) is 12.3 Å². The normalized spacial score (nSPS) is 10.3. The van der Waals surface area contributed by atoms with Gasteiger partial charge in [0.15, 0.2) is 11.6 Å². The third-order valence-corrected chi connectivity index (χ3v) is 2.05. The predicted molar refractivity (Wildman–Crippen MR) is 57.9 cm³/mol. The highest BCUT2D eigenvalue weighted by Gasteiger charge is 2.10. The van der Waals surface area contributed by atoms with Crippen molar-refractivity contribution in [2.75, 3.05) is 5.73 Å². The summed E-state index contributed by atoms with van der Waals surface area (Å²) in [4.78, 5) is 7.32. The van der Waals surface area contributed by atoms with Gasteiger partial charge in [-0.15, -0.1) is 0 Å². The zero-order valence-electron chi connectivity index (χ0n) is 8.32. The molecule has 0 radical (unpaired) electrons. The molecule has 0 aliphatic carbocycles. The van der Waals surface area contributed by atoms with E-state index in [0.717, 1.165) is 6.07 Å². The molecule has 0 aliphatic heterocycles. The van der Waals surface area contributed by atoms with Crippen molar-refractivity contribution >= 4 is 17.3 Å². The Hall–Kier alpha value is -1.95. The van der Waals surface area contributed by atoms with Crippen LogP contribution in [0.4, 0.5) is 14.5 Å². The van der Waals surface area contributed by atoms with Crippen molar-refractivity contribution in [2.24, 2.45) is 0 Å². The molecule has 0 amide bonds. The summed E-state index contributed by atoms with van der Waals surface area (Å²) in [7, 11) is 0. The number of benzene rings is 1. The molecule has 0 aliphatic rings. The molecule has 0 bridgehead atoms. The Labute approximate surface area is 100 Å². The largest absolute Gasteiger partial charge is 0.436 e. The van der Waals surface area contributed by atoms with Gasteiger partial charge in [-0.1, -0.05) is 0 Å². The van der Waals surface area contributed by atoms with Crippen molar-refractivity contribution in [3.63, 3.8) is 0 Å². The van der Waals surface area contributed by atoms with Crippen LogP contribution in [0.3, 0.4) is 0 Å². The lowest BCUT2D eigenvalue weighted by Gasteiger charge is -2.07. The number of nitrogens with two attached hydrogens (primary N) is 1. The van der Waals surface area contributed by atoms with Gasteiger partial charge in [0.05, 0.1) is 5.69 Å². The van der Waals surface area contributed by atoms with E-state index < -0.39 is 11.6 Å². The molecule has 2 N–H and O–H groups in total. The molecule has 1 aromatic heterocycles. The first-order valence-electron chi connectivity index (χ1n) is 4.47. The summed E-state index contributed by atoms with van der Waals surface area (Å²) in [6.07, 6.45) is 1.34. The molecule has 2 aromatic rings. The van der Waals surface area contributed by atoms with Crippen LogP contribution in [0.2, 0.25) is 5.28 Å². The first kappa shape index (κ1) is 11.5. The molecule has 0 saturated carbocycles. The molecule has 2 rings (SSSR count). The molecule has 7 heteroatoms. The molecule has 0 unspecified atom stereocenters. The van der Waals surface area contributed by atoms with Crippen LogP contribution in [0.5, 0.6) is 11.6 Å². The summed E-state index contributed by atoms with van der Waals surface area (Å²) < 4.78 is 31.3. The fraction of sp³-hybridized carbons (Fsp3) is 0. The summed E-state index contributed by atoms with van der Waals surface area (Å²) >= 11 is 5.53. The van der Waals surface area contributed by atoms with Crippen molar-refractivity contribution in [2.45, 2.75) is 0 Å². The summed E-state index contributed by atoms with van der Waals surface area (Å²) in [5.74, 6) is -1.93. The average molecular weight is 258 g/mol. The van der Waals surface area contributed by atoms with Gasteiger partial charge in [-0.05, 0) is 11.6 Å². The number of hydrogen-bond donors (Lipinski definition) is 1. The van der Waals surface area contributed by atoms with E-state index in [4.69, 9.17) is 22.1 Å².